The van der Waals surface area contributed by atoms with Crippen LogP contribution in [0.1, 0.15) is 11.1 Å². The summed E-state index contributed by atoms with van der Waals surface area (Å²) in [5.74, 6) is 0. The van der Waals surface area contributed by atoms with E-state index in [1.807, 2.05) is 12.1 Å². The van der Waals surface area contributed by atoms with Crippen molar-refractivity contribution in [3.05, 3.63) is 29.3 Å². The zero-order valence-corrected chi connectivity index (χ0v) is 6.12. The first kappa shape index (κ1) is 6.49. The molecule has 2 N–H and O–H groups in total. The second-order valence-electron chi connectivity index (χ2n) is 2.57. The summed E-state index contributed by atoms with van der Waals surface area (Å²) in [5.41, 5.74) is 8.81. The summed E-state index contributed by atoms with van der Waals surface area (Å²) in [6, 6.07) is 6.02. The standard InChI is InChI=1S/C8H9N3/c9-4-6-1-2-8-7(3-6)5-10-11-8/h1-3H,4-5,9H2. The van der Waals surface area contributed by atoms with Crippen LogP contribution < -0.4 is 5.73 Å². The molecule has 2 rings (SSSR count). The first-order valence-corrected chi connectivity index (χ1v) is 3.59. The summed E-state index contributed by atoms with van der Waals surface area (Å²) >= 11 is 0. The topological polar surface area (TPSA) is 50.7 Å². The molecule has 1 aromatic carbocycles. The number of nitrogens with two attached hydrogens (primary N) is 1. The first-order chi connectivity index (χ1) is 5.40. The predicted molar refractivity (Wildman–Crippen MR) is 42.6 cm³/mol. The lowest BCUT2D eigenvalue weighted by molar-refractivity contribution is 1.02. The van der Waals surface area contributed by atoms with Gasteiger partial charge in [0, 0.05) is 12.1 Å². The van der Waals surface area contributed by atoms with Gasteiger partial charge in [-0.2, -0.15) is 10.2 Å². The molecule has 0 atom stereocenters. The Morgan fingerprint density at radius 1 is 1.45 bits per heavy atom. The largest absolute Gasteiger partial charge is 0.326 e. The van der Waals surface area contributed by atoms with E-state index < -0.39 is 0 Å². The lowest BCUT2D eigenvalue weighted by atomic mass is 10.1. The van der Waals surface area contributed by atoms with Crippen molar-refractivity contribution in [1.29, 1.82) is 0 Å². The van der Waals surface area contributed by atoms with Crippen molar-refractivity contribution >= 4 is 5.69 Å². The minimum atomic E-state index is 0.591. The maximum Gasteiger partial charge on any atom is 0.0904 e. The Balaban J connectivity index is 2.45. The molecule has 1 aliphatic rings. The molecule has 0 amide bonds. The van der Waals surface area contributed by atoms with Gasteiger partial charge in [-0.05, 0) is 11.6 Å². The summed E-state index contributed by atoms with van der Waals surface area (Å²) in [4.78, 5) is 0. The molecule has 0 spiro atoms. The first-order valence-electron chi connectivity index (χ1n) is 3.59. The quantitative estimate of drug-likeness (QED) is 0.646. The van der Waals surface area contributed by atoms with Crippen LogP contribution in [0.3, 0.4) is 0 Å². The maximum atomic E-state index is 5.48. The summed E-state index contributed by atoms with van der Waals surface area (Å²) < 4.78 is 0. The molecule has 1 heterocycles. The number of hydrogen-bond acceptors (Lipinski definition) is 3. The van der Waals surface area contributed by atoms with Crippen molar-refractivity contribution in [2.24, 2.45) is 16.0 Å². The summed E-state index contributed by atoms with van der Waals surface area (Å²) in [7, 11) is 0. The molecule has 0 radical (unpaired) electrons. The van der Waals surface area contributed by atoms with E-state index in [1.165, 1.54) is 5.56 Å². The number of benzene rings is 1. The molecule has 0 aromatic heterocycles. The zero-order valence-electron chi connectivity index (χ0n) is 6.12. The van der Waals surface area contributed by atoms with Crippen molar-refractivity contribution in [2.75, 3.05) is 0 Å². The molecule has 3 nitrogen and oxygen atoms in total. The number of hydrogen-bond donors (Lipinski definition) is 1. The highest BCUT2D eigenvalue weighted by atomic mass is 15.1. The molecule has 1 aliphatic heterocycles. The molecule has 0 saturated heterocycles. The van der Waals surface area contributed by atoms with Crippen LogP contribution in [0, 0.1) is 0 Å². The van der Waals surface area contributed by atoms with E-state index in [2.05, 4.69) is 16.3 Å². The molecule has 3 heteroatoms. The van der Waals surface area contributed by atoms with Crippen LogP contribution in [-0.4, -0.2) is 0 Å². The van der Waals surface area contributed by atoms with E-state index in [9.17, 15) is 0 Å². The minimum Gasteiger partial charge on any atom is -0.326 e. The average Bonchev–Trinajstić information content (AvgIpc) is 2.50. The molecule has 0 unspecified atom stereocenters. The molecule has 1 aromatic rings. The molecule has 56 valence electrons. The Morgan fingerprint density at radius 3 is 3.18 bits per heavy atom. The lowest BCUT2D eigenvalue weighted by Gasteiger charge is -1.98. The lowest BCUT2D eigenvalue weighted by Crippen LogP contribution is -1.96. The number of fused-ring (bicyclic) bond motifs is 1. The van der Waals surface area contributed by atoms with E-state index in [1.54, 1.807) is 0 Å². The van der Waals surface area contributed by atoms with E-state index >= 15 is 0 Å². The fraction of sp³-hybridized carbons (Fsp3) is 0.250. The predicted octanol–water partition coefficient (Wildman–Crippen LogP) is 1.74. The highest BCUT2D eigenvalue weighted by Gasteiger charge is 2.06. The van der Waals surface area contributed by atoms with Gasteiger partial charge in [-0.25, -0.2) is 0 Å². The van der Waals surface area contributed by atoms with Crippen LogP contribution in [0.15, 0.2) is 28.4 Å². The fourth-order valence-corrected chi connectivity index (χ4v) is 1.18. The van der Waals surface area contributed by atoms with Crippen LogP contribution in [0.2, 0.25) is 0 Å². The van der Waals surface area contributed by atoms with Crippen molar-refractivity contribution in [1.82, 2.24) is 0 Å². The molecule has 11 heavy (non-hydrogen) atoms. The van der Waals surface area contributed by atoms with Gasteiger partial charge >= 0.3 is 0 Å². The van der Waals surface area contributed by atoms with Gasteiger partial charge in [-0.15, -0.1) is 0 Å². The van der Waals surface area contributed by atoms with Gasteiger partial charge in [0.2, 0.25) is 0 Å². The molecule has 0 fully saturated rings. The Hall–Kier alpha value is -1.22. The second-order valence-corrected chi connectivity index (χ2v) is 2.57. The third kappa shape index (κ3) is 1.03. The van der Waals surface area contributed by atoms with E-state index in [0.717, 1.165) is 11.3 Å². The van der Waals surface area contributed by atoms with Crippen LogP contribution in [-0.2, 0) is 13.1 Å². The van der Waals surface area contributed by atoms with Crippen LogP contribution in [0.25, 0.3) is 0 Å². The molecule has 0 bridgehead atoms. The van der Waals surface area contributed by atoms with Crippen LogP contribution in [0.5, 0.6) is 0 Å². The smallest absolute Gasteiger partial charge is 0.0904 e. The zero-order chi connectivity index (χ0) is 7.68. The van der Waals surface area contributed by atoms with Gasteiger partial charge in [0.05, 0.1) is 12.2 Å². The monoisotopic (exact) mass is 147 g/mol. The van der Waals surface area contributed by atoms with Gasteiger partial charge in [0.25, 0.3) is 0 Å². The Morgan fingerprint density at radius 2 is 2.36 bits per heavy atom. The van der Waals surface area contributed by atoms with Crippen LogP contribution in [0.4, 0.5) is 5.69 Å². The third-order valence-corrected chi connectivity index (χ3v) is 1.80. The molecule has 0 saturated carbocycles. The fourth-order valence-electron chi connectivity index (χ4n) is 1.18. The third-order valence-electron chi connectivity index (χ3n) is 1.80. The van der Waals surface area contributed by atoms with Gasteiger partial charge in [0.1, 0.15) is 0 Å². The van der Waals surface area contributed by atoms with Gasteiger partial charge < -0.3 is 5.73 Å². The van der Waals surface area contributed by atoms with E-state index in [0.29, 0.717) is 13.1 Å². The van der Waals surface area contributed by atoms with Crippen molar-refractivity contribution in [2.45, 2.75) is 13.1 Å². The van der Waals surface area contributed by atoms with E-state index in [4.69, 9.17) is 5.73 Å². The molecular formula is C8H9N3. The van der Waals surface area contributed by atoms with Crippen LogP contribution >= 0.6 is 0 Å². The van der Waals surface area contributed by atoms with Crippen molar-refractivity contribution < 1.29 is 0 Å². The summed E-state index contributed by atoms with van der Waals surface area (Å²) in [6.45, 7) is 1.30. The average molecular weight is 147 g/mol. The normalized spacial score (nSPS) is 13.5. The summed E-state index contributed by atoms with van der Waals surface area (Å²) in [6.07, 6.45) is 0. The number of azo groups is 1. The second kappa shape index (κ2) is 2.43. The molecule has 0 aliphatic carbocycles. The Kier molecular flexibility index (Phi) is 1.43. The highest BCUT2D eigenvalue weighted by molar-refractivity contribution is 5.49. The Bertz CT molecular complexity index is 304. The highest BCUT2D eigenvalue weighted by Crippen LogP contribution is 2.26. The number of rotatable bonds is 1. The van der Waals surface area contributed by atoms with Gasteiger partial charge in [-0.3, -0.25) is 0 Å². The van der Waals surface area contributed by atoms with Crippen molar-refractivity contribution in [3.8, 4) is 0 Å². The van der Waals surface area contributed by atoms with Crippen molar-refractivity contribution in [3.63, 3.8) is 0 Å². The Labute approximate surface area is 64.9 Å². The SMILES string of the molecule is NCc1ccc2c(c1)CN=N2. The number of nitrogens with zero attached hydrogens (tertiary/aromatic N) is 2. The van der Waals surface area contributed by atoms with Gasteiger partial charge in [0.15, 0.2) is 0 Å². The van der Waals surface area contributed by atoms with Gasteiger partial charge in [-0.1, -0.05) is 12.1 Å². The summed E-state index contributed by atoms with van der Waals surface area (Å²) in [5, 5.41) is 7.87. The van der Waals surface area contributed by atoms with E-state index in [-0.39, 0.29) is 0 Å². The maximum absolute atomic E-state index is 5.48. The minimum absolute atomic E-state index is 0.591. The molecular weight excluding hydrogens is 138 g/mol.